The minimum absolute atomic E-state index is 0.00178. The van der Waals surface area contributed by atoms with Gasteiger partial charge < -0.3 is 44.6 Å². The topological polar surface area (TPSA) is 184 Å². The van der Waals surface area contributed by atoms with Crippen LogP contribution in [0.1, 0.15) is 94.7 Å². The molecule has 4 heterocycles. The van der Waals surface area contributed by atoms with E-state index in [1.807, 2.05) is 43.7 Å². The van der Waals surface area contributed by atoms with E-state index >= 15 is 0 Å². The number of likely N-dealkylation sites (tertiary alicyclic amines) is 2. The molecule has 5 aromatic rings. The van der Waals surface area contributed by atoms with Crippen LogP contribution in [0, 0.1) is 5.92 Å². The number of imidazole rings is 2. The zero-order chi connectivity index (χ0) is 43.1. The summed E-state index contributed by atoms with van der Waals surface area (Å²) in [6.45, 7) is 7.92. The Hall–Kier alpha value is -5.96. The second-order valence-electron chi connectivity index (χ2n) is 17.0. The largest absolute Gasteiger partial charge is 0.453 e. The summed E-state index contributed by atoms with van der Waals surface area (Å²) < 4.78 is 14.9. The minimum atomic E-state index is -0.887. The van der Waals surface area contributed by atoms with Gasteiger partial charge in [0.25, 0.3) is 0 Å². The number of alkyl carbamates (subject to hydrolysis) is 2. The molecule has 0 spiro atoms. The van der Waals surface area contributed by atoms with Gasteiger partial charge in [0.1, 0.15) is 23.7 Å². The highest BCUT2D eigenvalue weighted by Gasteiger charge is 2.42. The van der Waals surface area contributed by atoms with Gasteiger partial charge in [-0.05, 0) is 104 Å². The van der Waals surface area contributed by atoms with Crippen LogP contribution in [0.25, 0.3) is 44.2 Å². The molecule has 4 N–H and O–H groups in total. The first-order valence-corrected chi connectivity index (χ1v) is 21.4. The van der Waals surface area contributed by atoms with E-state index in [4.69, 9.17) is 24.2 Å². The first-order chi connectivity index (χ1) is 29.4. The number of hydrogen-bond acceptors (Lipinski definition) is 9. The van der Waals surface area contributed by atoms with Crippen LogP contribution in [0.5, 0.6) is 0 Å². The molecule has 4 amide bonds. The van der Waals surface area contributed by atoms with Crippen LogP contribution >= 0.6 is 0 Å². The lowest BCUT2D eigenvalue weighted by Gasteiger charge is -2.32. The molecule has 0 saturated carbocycles. The highest BCUT2D eigenvalue weighted by molar-refractivity contribution is 6.05. The Bertz CT molecular complexity index is 2480. The van der Waals surface area contributed by atoms with E-state index in [2.05, 4.69) is 63.1 Å². The Balaban J connectivity index is 1.05. The number of methoxy groups -OCH3 is 3. The molecule has 3 aromatic carbocycles. The second kappa shape index (κ2) is 17.2. The summed E-state index contributed by atoms with van der Waals surface area (Å²) in [5, 5.41) is 7.46. The van der Waals surface area contributed by atoms with Crippen molar-refractivity contribution in [2.45, 2.75) is 109 Å². The number of rotatable bonds is 11. The van der Waals surface area contributed by atoms with Crippen molar-refractivity contribution in [2.24, 2.45) is 5.92 Å². The molecule has 2 aromatic heterocycles. The van der Waals surface area contributed by atoms with Crippen LogP contribution in [0.2, 0.25) is 0 Å². The molecule has 2 fully saturated rings. The van der Waals surface area contributed by atoms with E-state index in [1.165, 1.54) is 38.0 Å². The molecule has 1 aliphatic carbocycles. The van der Waals surface area contributed by atoms with Gasteiger partial charge >= 0.3 is 12.2 Å². The average molecular weight is 833 g/mol. The Morgan fingerprint density at radius 1 is 0.787 bits per heavy atom. The van der Waals surface area contributed by atoms with Gasteiger partial charge in [0.2, 0.25) is 11.8 Å². The number of carbonyl (C=O) groups excluding carboxylic acids is 4. The van der Waals surface area contributed by atoms with Crippen LogP contribution < -0.4 is 10.6 Å². The van der Waals surface area contributed by atoms with E-state index in [9.17, 15) is 19.2 Å². The first kappa shape index (κ1) is 41.8. The fourth-order valence-corrected chi connectivity index (χ4v) is 9.85. The van der Waals surface area contributed by atoms with E-state index in [0.29, 0.717) is 5.82 Å². The monoisotopic (exact) mass is 832 g/mol. The maximum Gasteiger partial charge on any atom is 0.407 e. The number of hydrogen-bond donors (Lipinski definition) is 4. The SMILES string of the molecule is COC[C@H](NC(=O)OC)C(=O)N1[C@@H](C)CC[C@H]1c1nc2c(ccc3cc(-c4ccc(-c5cnc([C@@H]6CC[C@H](C)N6C(=O)[C@@H](NC(=O)OC)C(C)C)[nH]5)c5c4CCC5)ccc32)[nH]1. The standard InChI is InChI=1S/C46H56N8O7/c1-24(2)39(52-46(58)61-7)44(56)54-26(4)11-19-37(54)41-47-22-35(49-41)33-17-16-29(31-9-8-10-32(31)33)27-13-15-30-28(21-27)14-18-34-40(30)51-42(48-34)38-20-12-25(3)53(38)43(55)36(23-59-5)50-45(57)60-6/h13-18,21-22,24-26,36-39H,8-12,19-20,23H2,1-7H3,(H,47,49)(H,48,51)(H,50,57)(H,52,58)/t25-,26-,36-,37-,38-,39-/m0/s1. The molecule has 61 heavy (non-hydrogen) atoms. The molecular weight excluding hydrogens is 777 g/mol. The Morgan fingerprint density at radius 3 is 2.13 bits per heavy atom. The van der Waals surface area contributed by atoms with Crippen LogP contribution in [0.3, 0.4) is 0 Å². The van der Waals surface area contributed by atoms with Crippen LogP contribution in [-0.2, 0) is 36.6 Å². The third-order valence-corrected chi connectivity index (χ3v) is 12.9. The molecule has 6 atom stereocenters. The zero-order valence-corrected chi connectivity index (χ0v) is 36.0. The maximum absolute atomic E-state index is 13.9. The summed E-state index contributed by atoms with van der Waals surface area (Å²) in [5.41, 5.74) is 8.79. The smallest absolute Gasteiger partial charge is 0.407 e. The number of amides is 4. The molecule has 322 valence electrons. The zero-order valence-electron chi connectivity index (χ0n) is 36.0. The molecule has 0 unspecified atom stereocenters. The van der Waals surface area contributed by atoms with Crippen molar-refractivity contribution in [2.75, 3.05) is 27.9 Å². The number of aromatic amines is 2. The van der Waals surface area contributed by atoms with Gasteiger partial charge in [-0.1, -0.05) is 44.2 Å². The van der Waals surface area contributed by atoms with Gasteiger partial charge in [-0.2, -0.15) is 0 Å². The third kappa shape index (κ3) is 7.79. The van der Waals surface area contributed by atoms with Gasteiger partial charge in [-0.25, -0.2) is 19.6 Å². The van der Waals surface area contributed by atoms with E-state index in [0.717, 1.165) is 89.4 Å². The highest BCUT2D eigenvalue weighted by atomic mass is 16.5. The Labute approximate surface area is 355 Å². The predicted octanol–water partition coefficient (Wildman–Crippen LogP) is 7.12. The summed E-state index contributed by atoms with van der Waals surface area (Å²) in [6, 6.07) is 13.0. The number of aromatic nitrogens is 4. The van der Waals surface area contributed by atoms with Gasteiger partial charge in [0.05, 0.1) is 55.8 Å². The van der Waals surface area contributed by atoms with Crippen LogP contribution in [0.4, 0.5) is 9.59 Å². The lowest BCUT2D eigenvalue weighted by Crippen LogP contribution is -2.52. The normalized spacial score (nSPS) is 20.9. The lowest BCUT2D eigenvalue weighted by molar-refractivity contribution is -0.138. The second-order valence-corrected chi connectivity index (χ2v) is 17.0. The van der Waals surface area contributed by atoms with Crippen molar-refractivity contribution in [3.63, 3.8) is 0 Å². The lowest BCUT2D eigenvalue weighted by atomic mass is 9.91. The van der Waals surface area contributed by atoms with Crippen molar-refractivity contribution < 1.29 is 33.4 Å². The van der Waals surface area contributed by atoms with E-state index in [1.54, 1.807) is 0 Å². The quantitative estimate of drug-likeness (QED) is 0.108. The summed E-state index contributed by atoms with van der Waals surface area (Å²) in [4.78, 5) is 72.7. The van der Waals surface area contributed by atoms with Crippen molar-refractivity contribution in [3.05, 3.63) is 71.4 Å². The number of nitrogens with zero attached hydrogens (tertiary/aromatic N) is 4. The van der Waals surface area contributed by atoms with Gasteiger partial charge in [0.15, 0.2) is 0 Å². The number of carbonyl (C=O) groups is 4. The molecule has 15 heteroatoms. The van der Waals surface area contributed by atoms with Gasteiger partial charge in [0, 0.05) is 30.1 Å². The number of fused-ring (bicyclic) bond motifs is 4. The van der Waals surface area contributed by atoms with Crippen molar-refractivity contribution in [3.8, 4) is 22.4 Å². The first-order valence-electron chi connectivity index (χ1n) is 21.4. The molecule has 0 bridgehead atoms. The molecule has 15 nitrogen and oxygen atoms in total. The third-order valence-electron chi connectivity index (χ3n) is 12.9. The Kier molecular flexibility index (Phi) is 11.8. The van der Waals surface area contributed by atoms with E-state index < -0.39 is 24.3 Å². The number of benzene rings is 3. The van der Waals surface area contributed by atoms with Gasteiger partial charge in [-0.3, -0.25) is 9.59 Å². The van der Waals surface area contributed by atoms with Crippen molar-refractivity contribution >= 4 is 45.8 Å². The number of ether oxygens (including phenoxy) is 3. The summed E-state index contributed by atoms with van der Waals surface area (Å²) in [5.74, 6) is 0.972. The Morgan fingerprint density at radius 2 is 1.44 bits per heavy atom. The molecule has 0 radical (unpaired) electrons. The molecular formula is C46H56N8O7. The summed E-state index contributed by atoms with van der Waals surface area (Å²) in [6.07, 6.45) is 6.72. The average Bonchev–Trinajstić information content (AvgIpc) is 4.11. The number of nitrogens with one attached hydrogen (secondary N) is 4. The maximum atomic E-state index is 13.9. The van der Waals surface area contributed by atoms with E-state index in [-0.39, 0.29) is 48.5 Å². The highest BCUT2D eigenvalue weighted by Crippen LogP contribution is 2.42. The summed E-state index contributed by atoms with van der Waals surface area (Å²) in [7, 11) is 4.06. The molecule has 2 aliphatic heterocycles. The van der Waals surface area contributed by atoms with Crippen LogP contribution in [0.15, 0.2) is 48.7 Å². The van der Waals surface area contributed by atoms with Crippen LogP contribution in [-0.4, -0.2) is 106 Å². The van der Waals surface area contributed by atoms with Crippen molar-refractivity contribution in [1.82, 2.24) is 40.4 Å². The molecule has 8 rings (SSSR count). The summed E-state index contributed by atoms with van der Waals surface area (Å²) >= 11 is 0. The van der Waals surface area contributed by atoms with Gasteiger partial charge in [-0.15, -0.1) is 0 Å². The van der Waals surface area contributed by atoms with Crippen molar-refractivity contribution in [1.29, 1.82) is 0 Å². The fraction of sp³-hybridized carbons (Fsp3) is 0.478. The molecule has 3 aliphatic rings. The molecule has 2 saturated heterocycles. The predicted molar refractivity (Wildman–Crippen MR) is 231 cm³/mol. The fourth-order valence-electron chi connectivity index (χ4n) is 9.85. The minimum Gasteiger partial charge on any atom is -0.453 e. The number of H-pyrrole nitrogens is 2.